The van der Waals surface area contributed by atoms with Crippen molar-refractivity contribution in [2.24, 2.45) is 4.99 Å². The molecule has 0 aromatic heterocycles. The van der Waals surface area contributed by atoms with Crippen LogP contribution in [0.5, 0.6) is 17.2 Å². The van der Waals surface area contributed by atoms with E-state index in [2.05, 4.69) is 15.6 Å². The van der Waals surface area contributed by atoms with Gasteiger partial charge >= 0.3 is 0 Å². The molecule has 2 N–H and O–H groups in total. The van der Waals surface area contributed by atoms with Gasteiger partial charge in [-0.05, 0) is 30.5 Å². The summed E-state index contributed by atoms with van der Waals surface area (Å²) >= 11 is 0. The van der Waals surface area contributed by atoms with Gasteiger partial charge in [0.2, 0.25) is 5.75 Å². The van der Waals surface area contributed by atoms with Gasteiger partial charge < -0.3 is 34.3 Å². The van der Waals surface area contributed by atoms with E-state index in [9.17, 15) is 0 Å². The lowest BCUT2D eigenvalue weighted by molar-refractivity contribution is 0.0689. The number of hydrogen-bond donors (Lipinski definition) is 2. The predicted octanol–water partition coefficient (Wildman–Crippen LogP) is 1.82. The largest absolute Gasteiger partial charge is 0.493 e. The van der Waals surface area contributed by atoms with E-state index in [0.29, 0.717) is 37.0 Å². The third-order valence-corrected chi connectivity index (χ3v) is 3.85. The first-order valence-electron chi connectivity index (χ1n) is 9.00. The van der Waals surface area contributed by atoms with Crippen molar-refractivity contribution >= 4 is 5.96 Å². The van der Waals surface area contributed by atoms with Crippen LogP contribution in [0.15, 0.2) is 17.1 Å². The van der Waals surface area contributed by atoms with Crippen molar-refractivity contribution in [3.05, 3.63) is 17.7 Å². The number of nitrogens with zero attached hydrogens (tertiary/aromatic N) is 1. The second-order valence-corrected chi connectivity index (χ2v) is 5.70. The van der Waals surface area contributed by atoms with Crippen LogP contribution in [0.1, 0.15) is 18.4 Å². The Hall–Kier alpha value is -2.19. The number of hydrogen-bond acceptors (Lipinski definition) is 6. The lowest BCUT2D eigenvalue weighted by atomic mass is 10.2. The smallest absolute Gasteiger partial charge is 0.203 e. The van der Waals surface area contributed by atoms with Gasteiger partial charge in [-0.15, -0.1) is 0 Å². The number of unbranched alkanes of at least 4 members (excludes halogenated alkanes) is 1. The molecule has 154 valence electrons. The number of guanidine groups is 1. The van der Waals surface area contributed by atoms with Crippen LogP contribution >= 0.6 is 0 Å². The van der Waals surface area contributed by atoms with E-state index < -0.39 is 0 Å². The Morgan fingerprint density at radius 3 is 2.15 bits per heavy atom. The first-order valence-corrected chi connectivity index (χ1v) is 9.00. The van der Waals surface area contributed by atoms with Crippen LogP contribution in [0, 0.1) is 0 Å². The third-order valence-electron chi connectivity index (χ3n) is 3.85. The summed E-state index contributed by atoms with van der Waals surface area (Å²) in [6.07, 6.45) is 1.98. The average molecular weight is 383 g/mol. The summed E-state index contributed by atoms with van der Waals surface area (Å²) in [4.78, 5) is 4.24. The molecule has 0 aliphatic heterocycles. The summed E-state index contributed by atoms with van der Waals surface area (Å²) in [5, 5.41) is 6.58. The minimum absolute atomic E-state index is 0.580. The molecule has 1 aromatic rings. The Kier molecular flexibility index (Phi) is 11.8. The first-order chi connectivity index (χ1) is 13.2. The molecule has 0 spiro atoms. The molecule has 27 heavy (non-hydrogen) atoms. The molecule has 1 rings (SSSR count). The van der Waals surface area contributed by atoms with Crippen molar-refractivity contribution < 1.29 is 23.7 Å². The molecule has 1 aromatic carbocycles. The Bertz CT molecular complexity index is 541. The predicted molar refractivity (Wildman–Crippen MR) is 106 cm³/mol. The monoisotopic (exact) mass is 383 g/mol. The summed E-state index contributed by atoms with van der Waals surface area (Å²) in [7, 11) is 8.22. The fourth-order valence-electron chi connectivity index (χ4n) is 2.42. The number of rotatable bonds is 13. The van der Waals surface area contributed by atoms with Gasteiger partial charge in [0, 0.05) is 33.9 Å². The Morgan fingerprint density at radius 2 is 1.59 bits per heavy atom. The van der Waals surface area contributed by atoms with E-state index in [1.807, 2.05) is 12.1 Å². The van der Waals surface area contributed by atoms with Crippen LogP contribution in [0.25, 0.3) is 0 Å². The maximum atomic E-state index is 5.44. The van der Waals surface area contributed by atoms with Crippen LogP contribution < -0.4 is 24.8 Å². The summed E-state index contributed by atoms with van der Waals surface area (Å²) in [5.74, 6) is 2.58. The van der Waals surface area contributed by atoms with Crippen molar-refractivity contribution in [2.45, 2.75) is 19.4 Å². The molecular formula is C19H33N3O5. The zero-order chi connectivity index (χ0) is 19.9. The second-order valence-electron chi connectivity index (χ2n) is 5.70. The van der Waals surface area contributed by atoms with Gasteiger partial charge in [-0.3, -0.25) is 4.99 Å². The van der Waals surface area contributed by atoms with Crippen molar-refractivity contribution in [3.63, 3.8) is 0 Å². The number of aliphatic imine (C=N–C) groups is 1. The van der Waals surface area contributed by atoms with Gasteiger partial charge in [-0.1, -0.05) is 0 Å². The number of ether oxygens (including phenoxy) is 5. The molecule has 8 nitrogen and oxygen atoms in total. The zero-order valence-electron chi connectivity index (χ0n) is 17.1. The Morgan fingerprint density at radius 1 is 0.889 bits per heavy atom. The molecule has 0 bridgehead atoms. The zero-order valence-corrected chi connectivity index (χ0v) is 17.1. The molecule has 0 amide bonds. The summed E-state index contributed by atoms with van der Waals surface area (Å²) in [6.45, 7) is 3.42. The van der Waals surface area contributed by atoms with Gasteiger partial charge in [0.25, 0.3) is 0 Å². The van der Waals surface area contributed by atoms with E-state index in [1.54, 1.807) is 35.5 Å². The topological polar surface area (TPSA) is 82.6 Å². The number of methoxy groups -OCH3 is 4. The second kappa shape index (κ2) is 13.9. The molecule has 0 fully saturated rings. The highest BCUT2D eigenvalue weighted by atomic mass is 16.5. The van der Waals surface area contributed by atoms with Crippen molar-refractivity contribution in [3.8, 4) is 17.2 Å². The highest BCUT2D eigenvalue weighted by molar-refractivity contribution is 5.79. The van der Waals surface area contributed by atoms with Gasteiger partial charge in [-0.2, -0.15) is 0 Å². The SMILES string of the molecule is CN=C(NCCCCOCCOC)NCc1cc(OC)c(OC)c(OC)c1. The Labute approximate surface area is 162 Å². The van der Waals surface area contributed by atoms with Crippen molar-refractivity contribution in [1.29, 1.82) is 0 Å². The maximum Gasteiger partial charge on any atom is 0.203 e. The first kappa shape index (κ1) is 22.9. The molecule has 0 heterocycles. The number of benzene rings is 1. The van der Waals surface area contributed by atoms with Crippen LogP contribution in [0.2, 0.25) is 0 Å². The van der Waals surface area contributed by atoms with Gasteiger partial charge in [0.1, 0.15) is 0 Å². The van der Waals surface area contributed by atoms with Crippen LogP contribution in [-0.2, 0) is 16.0 Å². The standard InChI is InChI=1S/C19H33N3O5/c1-20-19(21-8-6-7-9-27-11-10-23-2)22-14-15-12-16(24-3)18(26-5)17(13-15)25-4/h12-13H,6-11,14H2,1-5H3,(H2,20,21,22). The molecule has 0 saturated heterocycles. The van der Waals surface area contributed by atoms with Gasteiger partial charge in [0.05, 0.1) is 34.5 Å². The summed E-state index contributed by atoms with van der Waals surface area (Å²) in [5.41, 5.74) is 0.999. The van der Waals surface area contributed by atoms with E-state index in [4.69, 9.17) is 23.7 Å². The lowest BCUT2D eigenvalue weighted by Crippen LogP contribution is -2.37. The van der Waals surface area contributed by atoms with E-state index in [0.717, 1.165) is 37.5 Å². The molecular weight excluding hydrogens is 350 g/mol. The molecule has 0 aliphatic rings. The van der Waals surface area contributed by atoms with Gasteiger partial charge in [-0.25, -0.2) is 0 Å². The third kappa shape index (κ3) is 8.36. The molecule has 0 atom stereocenters. The van der Waals surface area contributed by atoms with Crippen molar-refractivity contribution in [2.75, 3.05) is 61.9 Å². The summed E-state index contributed by atoms with van der Waals surface area (Å²) < 4.78 is 26.5. The fraction of sp³-hybridized carbons (Fsp3) is 0.632. The van der Waals surface area contributed by atoms with E-state index in [1.165, 1.54) is 0 Å². The lowest BCUT2D eigenvalue weighted by Gasteiger charge is -2.16. The highest BCUT2D eigenvalue weighted by Gasteiger charge is 2.13. The quantitative estimate of drug-likeness (QED) is 0.305. The number of nitrogens with one attached hydrogen (secondary N) is 2. The maximum absolute atomic E-state index is 5.44. The summed E-state index contributed by atoms with van der Waals surface area (Å²) in [6, 6.07) is 3.83. The molecule has 0 unspecified atom stereocenters. The van der Waals surface area contributed by atoms with Crippen LogP contribution in [-0.4, -0.2) is 67.8 Å². The van der Waals surface area contributed by atoms with Gasteiger partial charge in [0.15, 0.2) is 17.5 Å². The van der Waals surface area contributed by atoms with E-state index in [-0.39, 0.29) is 0 Å². The molecule has 0 saturated carbocycles. The molecule has 0 radical (unpaired) electrons. The average Bonchev–Trinajstić information content (AvgIpc) is 2.71. The van der Waals surface area contributed by atoms with Crippen molar-refractivity contribution in [1.82, 2.24) is 10.6 Å². The van der Waals surface area contributed by atoms with Crippen LogP contribution in [0.3, 0.4) is 0 Å². The Balaban J connectivity index is 2.42. The van der Waals surface area contributed by atoms with E-state index >= 15 is 0 Å². The normalized spacial score (nSPS) is 11.2. The highest BCUT2D eigenvalue weighted by Crippen LogP contribution is 2.38. The molecule has 0 aliphatic carbocycles. The van der Waals surface area contributed by atoms with Crippen LogP contribution in [0.4, 0.5) is 0 Å². The minimum Gasteiger partial charge on any atom is -0.493 e. The molecule has 8 heteroatoms. The fourth-order valence-corrected chi connectivity index (χ4v) is 2.42. The minimum atomic E-state index is 0.580.